The first-order valence-corrected chi connectivity index (χ1v) is 6.17. The van der Waals surface area contributed by atoms with Crippen LogP contribution < -0.4 is 10.6 Å². The van der Waals surface area contributed by atoms with Crippen LogP contribution >= 0.6 is 0 Å². The van der Waals surface area contributed by atoms with Crippen molar-refractivity contribution in [1.82, 2.24) is 0 Å². The van der Waals surface area contributed by atoms with Gasteiger partial charge in [-0.3, -0.25) is 4.79 Å². The lowest BCUT2D eigenvalue weighted by molar-refractivity contribution is 0.1000. The zero-order valence-electron chi connectivity index (χ0n) is 10.5. The Morgan fingerprint density at radius 1 is 1.44 bits per heavy atom. The van der Waals surface area contributed by atoms with E-state index in [4.69, 9.17) is 11.0 Å². The van der Waals surface area contributed by atoms with Crippen LogP contribution in [-0.4, -0.2) is 19.0 Å². The van der Waals surface area contributed by atoms with Gasteiger partial charge in [0.25, 0.3) is 0 Å². The van der Waals surface area contributed by atoms with Crippen molar-refractivity contribution in [3.63, 3.8) is 0 Å². The van der Waals surface area contributed by atoms with E-state index in [2.05, 4.69) is 11.0 Å². The number of nitrogens with zero attached hydrogens (tertiary/aromatic N) is 2. The quantitative estimate of drug-likeness (QED) is 0.861. The SMILES string of the molecule is Cc1cc(C(N)=O)ccc1N1CCC(C#N)CC1. The van der Waals surface area contributed by atoms with Gasteiger partial charge in [0.05, 0.1) is 6.07 Å². The Balaban J connectivity index is 2.15. The van der Waals surface area contributed by atoms with Crippen molar-refractivity contribution >= 4 is 11.6 Å². The molecule has 94 valence electrons. The summed E-state index contributed by atoms with van der Waals surface area (Å²) in [4.78, 5) is 13.4. The third-order valence-corrected chi connectivity index (χ3v) is 3.50. The lowest BCUT2D eigenvalue weighted by Crippen LogP contribution is -2.33. The number of aryl methyl sites for hydroxylation is 1. The highest BCUT2D eigenvalue weighted by atomic mass is 16.1. The van der Waals surface area contributed by atoms with Crippen LogP contribution in [0.3, 0.4) is 0 Å². The molecule has 2 rings (SSSR count). The maximum atomic E-state index is 11.1. The lowest BCUT2D eigenvalue weighted by Gasteiger charge is -2.32. The Morgan fingerprint density at radius 2 is 2.11 bits per heavy atom. The molecule has 0 spiro atoms. The number of carbonyl (C=O) groups excluding carboxylic acids is 1. The van der Waals surface area contributed by atoms with Crippen LogP contribution in [-0.2, 0) is 0 Å². The summed E-state index contributed by atoms with van der Waals surface area (Å²) >= 11 is 0. The van der Waals surface area contributed by atoms with Crippen LogP contribution in [0.5, 0.6) is 0 Å². The van der Waals surface area contributed by atoms with Crippen LogP contribution in [0, 0.1) is 24.2 Å². The van der Waals surface area contributed by atoms with E-state index >= 15 is 0 Å². The van der Waals surface area contributed by atoms with Crippen LogP contribution in [0.25, 0.3) is 0 Å². The van der Waals surface area contributed by atoms with Crippen LogP contribution in [0.2, 0.25) is 0 Å². The third-order valence-electron chi connectivity index (χ3n) is 3.50. The number of hydrogen-bond acceptors (Lipinski definition) is 3. The standard InChI is InChI=1S/C14H17N3O/c1-10-8-12(14(16)18)2-3-13(10)17-6-4-11(9-15)5-7-17/h2-3,8,11H,4-7H2,1H3,(H2,16,18). The van der Waals surface area contributed by atoms with E-state index in [0.29, 0.717) is 5.56 Å². The minimum atomic E-state index is -0.396. The second-order valence-electron chi connectivity index (χ2n) is 4.76. The molecule has 1 fully saturated rings. The van der Waals surface area contributed by atoms with Crippen molar-refractivity contribution < 1.29 is 4.79 Å². The number of hydrogen-bond donors (Lipinski definition) is 1. The minimum absolute atomic E-state index is 0.187. The molecule has 18 heavy (non-hydrogen) atoms. The second-order valence-corrected chi connectivity index (χ2v) is 4.76. The number of piperidine rings is 1. The van der Waals surface area contributed by atoms with E-state index in [0.717, 1.165) is 37.2 Å². The smallest absolute Gasteiger partial charge is 0.248 e. The monoisotopic (exact) mass is 243 g/mol. The largest absolute Gasteiger partial charge is 0.371 e. The predicted octanol–water partition coefficient (Wildman–Crippen LogP) is 1.83. The lowest BCUT2D eigenvalue weighted by atomic mass is 9.97. The molecule has 1 aliphatic rings. The molecule has 0 saturated carbocycles. The molecule has 0 aliphatic carbocycles. The van der Waals surface area contributed by atoms with Gasteiger partial charge in [-0.05, 0) is 43.5 Å². The summed E-state index contributed by atoms with van der Waals surface area (Å²) in [6, 6.07) is 7.87. The molecule has 0 unspecified atom stereocenters. The number of carbonyl (C=O) groups is 1. The van der Waals surface area contributed by atoms with E-state index in [1.54, 1.807) is 6.07 Å². The Morgan fingerprint density at radius 3 is 2.61 bits per heavy atom. The Kier molecular flexibility index (Phi) is 3.52. The number of anilines is 1. The molecule has 2 N–H and O–H groups in total. The van der Waals surface area contributed by atoms with Gasteiger partial charge < -0.3 is 10.6 Å². The van der Waals surface area contributed by atoms with Crippen LogP contribution in [0.1, 0.15) is 28.8 Å². The van der Waals surface area contributed by atoms with Gasteiger partial charge in [-0.15, -0.1) is 0 Å². The van der Waals surface area contributed by atoms with E-state index in [-0.39, 0.29) is 5.92 Å². The molecule has 0 aromatic heterocycles. The molecule has 0 radical (unpaired) electrons. The van der Waals surface area contributed by atoms with Gasteiger partial charge in [0.2, 0.25) is 5.91 Å². The molecule has 1 aromatic rings. The maximum Gasteiger partial charge on any atom is 0.248 e. The average Bonchev–Trinajstić information content (AvgIpc) is 2.38. The summed E-state index contributed by atoms with van der Waals surface area (Å²) < 4.78 is 0. The molecular formula is C14H17N3O. The van der Waals surface area contributed by atoms with E-state index in [1.807, 2.05) is 19.1 Å². The molecule has 1 amide bonds. The molecule has 1 saturated heterocycles. The van der Waals surface area contributed by atoms with Crippen LogP contribution in [0.4, 0.5) is 5.69 Å². The van der Waals surface area contributed by atoms with Crippen molar-refractivity contribution in [2.45, 2.75) is 19.8 Å². The maximum absolute atomic E-state index is 11.1. The Labute approximate surface area is 107 Å². The molecule has 1 heterocycles. The number of rotatable bonds is 2. The molecule has 0 atom stereocenters. The van der Waals surface area contributed by atoms with Gasteiger partial charge in [-0.1, -0.05) is 0 Å². The van der Waals surface area contributed by atoms with Gasteiger partial charge in [0, 0.05) is 30.3 Å². The zero-order valence-corrected chi connectivity index (χ0v) is 10.5. The number of nitriles is 1. The number of nitrogens with two attached hydrogens (primary N) is 1. The highest BCUT2D eigenvalue weighted by molar-refractivity contribution is 5.93. The third kappa shape index (κ3) is 2.45. The van der Waals surface area contributed by atoms with Gasteiger partial charge in [-0.2, -0.15) is 5.26 Å². The molecule has 4 heteroatoms. The first kappa shape index (κ1) is 12.4. The average molecular weight is 243 g/mol. The normalized spacial score (nSPS) is 16.3. The summed E-state index contributed by atoms with van der Waals surface area (Å²) in [6.07, 6.45) is 1.82. The van der Waals surface area contributed by atoms with Crippen molar-refractivity contribution in [1.29, 1.82) is 5.26 Å². The predicted molar refractivity (Wildman–Crippen MR) is 70.2 cm³/mol. The van der Waals surface area contributed by atoms with Crippen molar-refractivity contribution in [3.05, 3.63) is 29.3 Å². The Bertz CT molecular complexity index is 496. The van der Waals surface area contributed by atoms with Gasteiger partial charge in [0.1, 0.15) is 0 Å². The van der Waals surface area contributed by atoms with E-state index in [9.17, 15) is 4.79 Å². The molecule has 1 aromatic carbocycles. The van der Waals surface area contributed by atoms with E-state index < -0.39 is 5.91 Å². The number of amides is 1. The molecule has 1 aliphatic heterocycles. The fraction of sp³-hybridized carbons (Fsp3) is 0.429. The summed E-state index contributed by atoms with van der Waals surface area (Å²) in [5.41, 5.74) is 8.00. The summed E-state index contributed by atoms with van der Waals surface area (Å²) in [5.74, 6) is -0.209. The van der Waals surface area contributed by atoms with Crippen LogP contribution in [0.15, 0.2) is 18.2 Å². The molecule has 0 bridgehead atoms. The summed E-state index contributed by atoms with van der Waals surface area (Å²) in [6.45, 7) is 3.78. The minimum Gasteiger partial charge on any atom is -0.371 e. The van der Waals surface area contributed by atoms with Crippen molar-refractivity contribution in [3.8, 4) is 6.07 Å². The first-order chi connectivity index (χ1) is 8.61. The van der Waals surface area contributed by atoms with Gasteiger partial charge in [-0.25, -0.2) is 0 Å². The van der Waals surface area contributed by atoms with Crippen molar-refractivity contribution in [2.24, 2.45) is 11.7 Å². The highest BCUT2D eigenvalue weighted by Crippen LogP contribution is 2.26. The zero-order chi connectivity index (χ0) is 13.1. The summed E-state index contributed by atoms with van der Waals surface area (Å²) in [7, 11) is 0. The molecular weight excluding hydrogens is 226 g/mol. The van der Waals surface area contributed by atoms with E-state index in [1.165, 1.54) is 0 Å². The summed E-state index contributed by atoms with van der Waals surface area (Å²) in [5, 5.41) is 8.88. The fourth-order valence-electron chi connectivity index (χ4n) is 2.41. The topological polar surface area (TPSA) is 70.1 Å². The fourth-order valence-corrected chi connectivity index (χ4v) is 2.41. The van der Waals surface area contributed by atoms with Crippen molar-refractivity contribution in [2.75, 3.05) is 18.0 Å². The number of primary amides is 1. The molecule has 4 nitrogen and oxygen atoms in total. The Hall–Kier alpha value is -2.02. The second kappa shape index (κ2) is 5.09. The van der Waals surface area contributed by atoms with Gasteiger partial charge in [0.15, 0.2) is 0 Å². The number of benzene rings is 1. The van der Waals surface area contributed by atoms with Gasteiger partial charge >= 0.3 is 0 Å². The highest BCUT2D eigenvalue weighted by Gasteiger charge is 2.20. The first-order valence-electron chi connectivity index (χ1n) is 6.17.